The number of ketones is 1. The first-order chi connectivity index (χ1) is 7.67. The lowest BCUT2D eigenvalue weighted by Gasteiger charge is -1.90. The number of aliphatic hydroxyl groups is 2. The molecule has 0 aromatic heterocycles. The molecule has 0 heterocycles. The molecule has 0 rings (SSSR count). The van der Waals surface area contributed by atoms with Crippen LogP contribution in [0.2, 0.25) is 0 Å². The summed E-state index contributed by atoms with van der Waals surface area (Å²) < 4.78 is 0. The van der Waals surface area contributed by atoms with Gasteiger partial charge in [-0.15, -0.1) is 0 Å². The molecule has 0 bridgehead atoms. The van der Waals surface area contributed by atoms with Crippen LogP contribution in [0.25, 0.3) is 0 Å². The van der Waals surface area contributed by atoms with Gasteiger partial charge in [-0.3, -0.25) is 9.59 Å². The van der Waals surface area contributed by atoms with Gasteiger partial charge in [0.1, 0.15) is 12.2 Å². The summed E-state index contributed by atoms with van der Waals surface area (Å²) in [6.07, 6.45) is -0.0880. The number of carboxylic acids is 2. The summed E-state index contributed by atoms with van der Waals surface area (Å²) in [5.74, 6) is -2.36. The molecular weight excluding hydrogens is 232 g/mol. The maximum Gasteiger partial charge on any atom is 0.327 e. The van der Waals surface area contributed by atoms with Crippen molar-refractivity contribution in [1.29, 1.82) is 0 Å². The topological polar surface area (TPSA) is 132 Å². The summed E-state index contributed by atoms with van der Waals surface area (Å²) in [5.41, 5.74) is 0. The van der Waals surface area contributed by atoms with Crippen molar-refractivity contribution in [3.63, 3.8) is 0 Å². The number of aliphatic carboxylic acids is 2. The smallest absolute Gasteiger partial charge is 0.327 e. The van der Waals surface area contributed by atoms with Crippen molar-refractivity contribution in [2.75, 3.05) is 6.61 Å². The van der Waals surface area contributed by atoms with E-state index in [1.54, 1.807) is 0 Å². The van der Waals surface area contributed by atoms with E-state index in [0.29, 0.717) is 0 Å². The summed E-state index contributed by atoms with van der Waals surface area (Å²) in [7, 11) is 0. The molecule has 7 nitrogen and oxygen atoms in total. The maximum atomic E-state index is 9.87. The van der Waals surface area contributed by atoms with E-state index < -0.39 is 18.0 Å². The summed E-state index contributed by atoms with van der Waals surface area (Å²) in [5, 5.41) is 31.5. The summed E-state index contributed by atoms with van der Waals surface area (Å²) in [6.45, 7) is 5.59. The summed E-state index contributed by atoms with van der Waals surface area (Å²) in [4.78, 5) is 28.7. The van der Waals surface area contributed by atoms with Crippen molar-refractivity contribution in [2.24, 2.45) is 0 Å². The Kier molecular flexibility index (Phi) is 17.3. The van der Waals surface area contributed by atoms with Gasteiger partial charge in [0.2, 0.25) is 0 Å². The Bertz CT molecular complexity index is 233. The van der Waals surface area contributed by atoms with E-state index in [-0.39, 0.29) is 18.8 Å². The van der Waals surface area contributed by atoms with E-state index in [2.05, 4.69) is 6.58 Å². The van der Waals surface area contributed by atoms with E-state index in [1.807, 2.05) is 0 Å². The second kappa shape index (κ2) is 14.3. The average Bonchev–Trinajstić information content (AvgIpc) is 2.17. The molecule has 0 spiro atoms. The number of carbonyl (C=O) groups is 3. The van der Waals surface area contributed by atoms with E-state index in [9.17, 15) is 14.4 Å². The van der Waals surface area contributed by atoms with Crippen LogP contribution in [0.4, 0.5) is 0 Å². The molecule has 1 atom stereocenters. The largest absolute Gasteiger partial charge is 0.481 e. The third-order valence-corrected chi connectivity index (χ3v) is 0.839. The third-order valence-electron chi connectivity index (χ3n) is 0.839. The van der Waals surface area contributed by atoms with Gasteiger partial charge in [0.05, 0.1) is 12.7 Å². The van der Waals surface area contributed by atoms with Crippen molar-refractivity contribution < 1.29 is 34.8 Å². The molecule has 0 saturated heterocycles. The van der Waals surface area contributed by atoms with Gasteiger partial charge < -0.3 is 20.4 Å². The Morgan fingerprint density at radius 1 is 1.29 bits per heavy atom. The van der Waals surface area contributed by atoms with Gasteiger partial charge in [-0.25, -0.2) is 4.79 Å². The zero-order valence-electron chi connectivity index (χ0n) is 9.79. The van der Waals surface area contributed by atoms with Gasteiger partial charge in [-0.2, -0.15) is 0 Å². The first-order valence-electron chi connectivity index (χ1n) is 4.52. The molecule has 0 amide bonds. The standard InChI is InChI=1S/C4H6O3.C3H8O2.C3H4O2/c1-3(5)2-4(6)7;1-3(5)2-4;1-2-3(4)5/h2H2,1H3,(H,6,7);3-5H,2H2,1H3;2H,1H2,(H,4,5). The van der Waals surface area contributed by atoms with E-state index >= 15 is 0 Å². The zero-order valence-corrected chi connectivity index (χ0v) is 9.79. The Hall–Kier alpha value is -1.73. The molecule has 0 aromatic rings. The van der Waals surface area contributed by atoms with Crippen LogP contribution in [0.1, 0.15) is 20.3 Å². The quantitative estimate of drug-likeness (QED) is 0.396. The highest BCUT2D eigenvalue weighted by Gasteiger charge is 1.98. The van der Waals surface area contributed by atoms with Gasteiger partial charge in [0, 0.05) is 6.08 Å². The molecule has 0 aliphatic carbocycles. The number of carbonyl (C=O) groups excluding carboxylic acids is 1. The molecule has 0 saturated carbocycles. The first-order valence-corrected chi connectivity index (χ1v) is 4.52. The minimum absolute atomic E-state index is 0.139. The minimum atomic E-state index is -1.06. The van der Waals surface area contributed by atoms with Gasteiger partial charge in [-0.1, -0.05) is 6.58 Å². The maximum absolute atomic E-state index is 9.87. The number of aliphatic hydroxyl groups excluding tert-OH is 2. The van der Waals surface area contributed by atoms with Crippen LogP contribution < -0.4 is 0 Å². The fourth-order valence-corrected chi connectivity index (χ4v) is 0.213. The van der Waals surface area contributed by atoms with Crippen LogP contribution in [-0.2, 0) is 14.4 Å². The van der Waals surface area contributed by atoms with Crippen molar-refractivity contribution >= 4 is 17.7 Å². The van der Waals surface area contributed by atoms with Gasteiger partial charge in [-0.05, 0) is 13.8 Å². The number of Topliss-reactive ketones (excluding diaryl/α,β-unsaturated/α-hetero) is 1. The van der Waals surface area contributed by atoms with Gasteiger partial charge >= 0.3 is 11.9 Å². The third kappa shape index (κ3) is 54.6. The normalized spacial score (nSPS) is 9.65. The second-order valence-electron chi connectivity index (χ2n) is 2.85. The van der Waals surface area contributed by atoms with Crippen LogP contribution in [0, 0.1) is 0 Å². The lowest BCUT2D eigenvalue weighted by atomic mass is 10.3. The first kappa shape index (κ1) is 20.7. The Morgan fingerprint density at radius 2 is 1.59 bits per heavy atom. The van der Waals surface area contributed by atoms with E-state index in [0.717, 1.165) is 6.08 Å². The van der Waals surface area contributed by atoms with Crippen LogP contribution in [-0.4, -0.2) is 50.9 Å². The summed E-state index contributed by atoms with van der Waals surface area (Å²) >= 11 is 0. The average molecular weight is 250 g/mol. The highest BCUT2D eigenvalue weighted by atomic mass is 16.4. The SMILES string of the molecule is C=CC(=O)O.CC(=O)CC(=O)O.CC(O)CO. The number of hydrogen-bond donors (Lipinski definition) is 4. The molecule has 0 radical (unpaired) electrons. The molecule has 0 aliphatic heterocycles. The predicted molar refractivity (Wildman–Crippen MR) is 59.5 cm³/mol. The van der Waals surface area contributed by atoms with Crippen molar-refractivity contribution in [1.82, 2.24) is 0 Å². The highest BCUT2D eigenvalue weighted by Crippen LogP contribution is 1.77. The Labute approximate surface area is 99.0 Å². The molecule has 7 heteroatoms. The van der Waals surface area contributed by atoms with Gasteiger partial charge in [0.25, 0.3) is 0 Å². The lowest BCUT2D eigenvalue weighted by molar-refractivity contribution is -0.139. The Balaban J connectivity index is -0.000000177. The molecule has 4 N–H and O–H groups in total. The number of rotatable bonds is 4. The zero-order chi connectivity index (χ0) is 14.4. The van der Waals surface area contributed by atoms with Crippen LogP contribution in [0.5, 0.6) is 0 Å². The fourth-order valence-electron chi connectivity index (χ4n) is 0.213. The van der Waals surface area contributed by atoms with Crippen LogP contribution in [0.15, 0.2) is 12.7 Å². The molecule has 1 unspecified atom stereocenters. The van der Waals surface area contributed by atoms with Crippen molar-refractivity contribution in [3.8, 4) is 0 Å². The highest BCUT2D eigenvalue weighted by molar-refractivity contribution is 5.93. The second-order valence-corrected chi connectivity index (χ2v) is 2.85. The lowest BCUT2D eigenvalue weighted by Crippen LogP contribution is -2.03. The molecule has 0 aliphatic rings. The molecular formula is C10H18O7. The van der Waals surface area contributed by atoms with Crippen LogP contribution >= 0.6 is 0 Å². The fraction of sp³-hybridized carbons (Fsp3) is 0.500. The number of carboxylic acid groups (broad SMARTS) is 2. The molecule has 100 valence electrons. The van der Waals surface area contributed by atoms with E-state index in [4.69, 9.17) is 20.4 Å². The minimum Gasteiger partial charge on any atom is -0.481 e. The van der Waals surface area contributed by atoms with E-state index in [1.165, 1.54) is 13.8 Å². The molecule has 0 aromatic carbocycles. The Morgan fingerprint density at radius 3 is 1.59 bits per heavy atom. The van der Waals surface area contributed by atoms with Gasteiger partial charge in [0.15, 0.2) is 0 Å². The number of hydrogen-bond acceptors (Lipinski definition) is 5. The van der Waals surface area contributed by atoms with Crippen molar-refractivity contribution in [2.45, 2.75) is 26.4 Å². The molecule has 0 fully saturated rings. The summed E-state index contributed by atoms with van der Waals surface area (Å²) in [6, 6.07) is 0. The monoisotopic (exact) mass is 250 g/mol. The predicted octanol–water partition coefficient (Wildman–Crippen LogP) is -0.333. The molecule has 17 heavy (non-hydrogen) atoms. The van der Waals surface area contributed by atoms with Crippen LogP contribution in [0.3, 0.4) is 0 Å². The van der Waals surface area contributed by atoms with Crippen molar-refractivity contribution in [3.05, 3.63) is 12.7 Å².